The molecule has 2 aromatic rings. The van der Waals surface area contributed by atoms with Crippen LogP contribution < -0.4 is 0 Å². The van der Waals surface area contributed by atoms with Gasteiger partial charge in [0.05, 0.1) is 17.5 Å². The van der Waals surface area contributed by atoms with Crippen molar-refractivity contribution >= 4 is 15.8 Å². The van der Waals surface area contributed by atoms with Crippen molar-refractivity contribution in [2.75, 3.05) is 6.54 Å². The number of sulfonamides is 1. The van der Waals surface area contributed by atoms with Gasteiger partial charge in [0.25, 0.3) is 0 Å². The van der Waals surface area contributed by atoms with Crippen LogP contribution in [0.4, 0.5) is 0 Å². The zero-order chi connectivity index (χ0) is 15.7. The van der Waals surface area contributed by atoms with Crippen LogP contribution in [0.15, 0.2) is 59.5 Å². The minimum atomic E-state index is -3.61. The molecule has 114 valence electrons. The van der Waals surface area contributed by atoms with Gasteiger partial charge in [0.2, 0.25) is 10.0 Å². The van der Waals surface area contributed by atoms with Gasteiger partial charge in [0.1, 0.15) is 0 Å². The van der Waals surface area contributed by atoms with Gasteiger partial charge in [-0.3, -0.25) is 4.79 Å². The van der Waals surface area contributed by atoms with Crippen molar-refractivity contribution in [3.8, 4) is 0 Å². The lowest BCUT2D eigenvalue weighted by Crippen LogP contribution is -2.60. The second-order valence-electron chi connectivity index (χ2n) is 5.54. The van der Waals surface area contributed by atoms with Crippen LogP contribution >= 0.6 is 0 Å². The molecule has 1 aliphatic rings. The maximum absolute atomic E-state index is 12.6. The molecule has 0 bridgehead atoms. The first-order valence-corrected chi connectivity index (χ1v) is 8.57. The number of aryl methyl sites for hydroxylation is 1. The Kier molecular flexibility index (Phi) is 3.85. The first-order chi connectivity index (χ1) is 10.5. The van der Waals surface area contributed by atoms with Crippen molar-refractivity contribution in [1.82, 2.24) is 4.31 Å². The van der Waals surface area contributed by atoms with Crippen LogP contribution in [0.2, 0.25) is 0 Å². The van der Waals surface area contributed by atoms with Crippen LogP contribution in [0.3, 0.4) is 0 Å². The van der Waals surface area contributed by atoms with E-state index in [2.05, 4.69) is 0 Å². The molecule has 1 fully saturated rings. The highest BCUT2D eigenvalue weighted by atomic mass is 32.2. The lowest BCUT2D eigenvalue weighted by Gasteiger charge is -2.38. The molecule has 1 saturated heterocycles. The molecule has 0 radical (unpaired) electrons. The molecule has 0 aliphatic carbocycles. The molecule has 22 heavy (non-hydrogen) atoms. The highest BCUT2D eigenvalue weighted by molar-refractivity contribution is 7.89. The van der Waals surface area contributed by atoms with E-state index in [9.17, 15) is 13.2 Å². The van der Waals surface area contributed by atoms with Gasteiger partial charge >= 0.3 is 0 Å². The minimum Gasteiger partial charge on any atom is -0.296 e. The summed E-state index contributed by atoms with van der Waals surface area (Å²) >= 11 is 0. The number of benzene rings is 2. The van der Waals surface area contributed by atoms with E-state index in [0.29, 0.717) is 6.42 Å². The number of hydrogen-bond donors (Lipinski definition) is 0. The van der Waals surface area contributed by atoms with E-state index in [0.717, 1.165) is 11.1 Å². The van der Waals surface area contributed by atoms with Gasteiger partial charge in [0.15, 0.2) is 5.78 Å². The molecule has 1 heterocycles. The topological polar surface area (TPSA) is 54.5 Å². The lowest BCUT2D eigenvalue weighted by atomic mass is 9.97. The van der Waals surface area contributed by atoms with Crippen molar-refractivity contribution < 1.29 is 13.2 Å². The normalized spacial score (nSPS) is 19.0. The summed E-state index contributed by atoms with van der Waals surface area (Å²) in [7, 11) is -3.61. The fraction of sp³-hybridized carbons (Fsp3) is 0.235. The van der Waals surface area contributed by atoms with Crippen LogP contribution in [-0.4, -0.2) is 31.1 Å². The summed E-state index contributed by atoms with van der Waals surface area (Å²) in [4.78, 5) is 12.1. The van der Waals surface area contributed by atoms with Gasteiger partial charge in [-0.25, -0.2) is 8.42 Å². The van der Waals surface area contributed by atoms with Gasteiger partial charge < -0.3 is 0 Å². The minimum absolute atomic E-state index is 0.0282. The van der Waals surface area contributed by atoms with Crippen LogP contribution in [0, 0.1) is 6.92 Å². The zero-order valence-corrected chi connectivity index (χ0v) is 13.1. The standard InChI is InChI=1S/C17H17NO3S/c1-13-7-9-15(10-8-13)22(20,21)18-12-17(19)16(18)11-14-5-3-2-4-6-14/h2-10,16H,11-12H2,1H3. The number of rotatable bonds is 4. The summed E-state index contributed by atoms with van der Waals surface area (Å²) in [6.07, 6.45) is 0.421. The van der Waals surface area contributed by atoms with Crippen LogP contribution in [0.1, 0.15) is 11.1 Å². The Morgan fingerprint density at radius 2 is 1.68 bits per heavy atom. The third-order valence-electron chi connectivity index (χ3n) is 3.93. The van der Waals surface area contributed by atoms with Crippen LogP contribution in [-0.2, 0) is 21.2 Å². The molecule has 1 unspecified atom stereocenters. The van der Waals surface area contributed by atoms with E-state index in [1.807, 2.05) is 37.3 Å². The summed E-state index contributed by atoms with van der Waals surface area (Å²) in [5.74, 6) is -0.0282. The molecule has 0 amide bonds. The first kappa shape index (κ1) is 14.9. The molecule has 5 heteroatoms. The summed E-state index contributed by atoms with van der Waals surface area (Å²) in [6.45, 7) is 1.87. The molecular weight excluding hydrogens is 298 g/mol. The maximum Gasteiger partial charge on any atom is 0.244 e. The Bertz CT molecular complexity index is 782. The van der Waals surface area contributed by atoms with Crippen molar-refractivity contribution in [3.63, 3.8) is 0 Å². The van der Waals surface area contributed by atoms with Crippen molar-refractivity contribution in [1.29, 1.82) is 0 Å². The number of ketones is 1. The summed E-state index contributed by atoms with van der Waals surface area (Å²) in [5, 5.41) is 0. The van der Waals surface area contributed by atoms with E-state index in [-0.39, 0.29) is 17.2 Å². The highest BCUT2D eigenvalue weighted by Crippen LogP contribution is 2.27. The third kappa shape index (κ3) is 2.69. The Labute approximate surface area is 130 Å². The zero-order valence-electron chi connectivity index (χ0n) is 12.3. The lowest BCUT2D eigenvalue weighted by molar-refractivity contribution is -0.130. The van der Waals surface area contributed by atoms with E-state index >= 15 is 0 Å². The van der Waals surface area contributed by atoms with Gasteiger partial charge in [-0.1, -0.05) is 48.0 Å². The highest BCUT2D eigenvalue weighted by Gasteiger charge is 2.45. The van der Waals surface area contributed by atoms with E-state index < -0.39 is 16.1 Å². The molecule has 0 N–H and O–H groups in total. The monoisotopic (exact) mass is 315 g/mol. The third-order valence-corrected chi connectivity index (χ3v) is 5.80. The molecule has 2 aromatic carbocycles. The quantitative estimate of drug-likeness (QED) is 0.869. The Balaban J connectivity index is 1.84. The van der Waals surface area contributed by atoms with E-state index in [4.69, 9.17) is 0 Å². The van der Waals surface area contributed by atoms with Gasteiger partial charge in [-0.2, -0.15) is 4.31 Å². The van der Waals surface area contributed by atoms with E-state index in [1.54, 1.807) is 24.3 Å². The average molecular weight is 315 g/mol. The second kappa shape index (κ2) is 5.66. The van der Waals surface area contributed by atoms with Crippen molar-refractivity contribution in [2.45, 2.75) is 24.3 Å². The Hall–Kier alpha value is -1.98. The molecule has 0 aromatic heterocycles. The van der Waals surface area contributed by atoms with E-state index in [1.165, 1.54) is 4.31 Å². The molecular formula is C17H17NO3S. The van der Waals surface area contributed by atoms with Crippen molar-refractivity contribution in [3.05, 3.63) is 65.7 Å². The predicted octanol–water partition coefficient (Wildman–Crippen LogP) is 2.18. The second-order valence-corrected chi connectivity index (χ2v) is 7.43. The largest absolute Gasteiger partial charge is 0.296 e. The average Bonchev–Trinajstić information content (AvgIpc) is 2.51. The fourth-order valence-electron chi connectivity index (χ4n) is 2.57. The number of Topliss-reactive ketones (excluding diaryl/α,β-unsaturated/α-hetero) is 1. The smallest absolute Gasteiger partial charge is 0.244 e. The Morgan fingerprint density at radius 3 is 2.27 bits per heavy atom. The molecule has 0 spiro atoms. The van der Waals surface area contributed by atoms with Gasteiger partial charge in [0, 0.05) is 0 Å². The number of carbonyl (C=O) groups is 1. The maximum atomic E-state index is 12.6. The molecule has 3 rings (SSSR count). The van der Waals surface area contributed by atoms with Gasteiger partial charge in [-0.05, 0) is 31.0 Å². The molecule has 4 nitrogen and oxygen atoms in total. The first-order valence-electron chi connectivity index (χ1n) is 7.13. The predicted molar refractivity (Wildman–Crippen MR) is 84.0 cm³/mol. The van der Waals surface area contributed by atoms with Crippen molar-refractivity contribution in [2.24, 2.45) is 0 Å². The van der Waals surface area contributed by atoms with Gasteiger partial charge in [-0.15, -0.1) is 0 Å². The summed E-state index contributed by atoms with van der Waals surface area (Å²) < 4.78 is 26.6. The number of nitrogens with zero attached hydrogens (tertiary/aromatic N) is 1. The summed E-state index contributed by atoms with van der Waals surface area (Å²) in [6, 6.07) is 15.6. The number of carbonyl (C=O) groups excluding carboxylic acids is 1. The fourth-order valence-corrected chi connectivity index (χ4v) is 4.14. The summed E-state index contributed by atoms with van der Waals surface area (Å²) in [5.41, 5.74) is 1.96. The molecule has 1 aliphatic heterocycles. The SMILES string of the molecule is Cc1ccc(S(=O)(=O)N2CC(=O)C2Cc2ccccc2)cc1. The molecule has 0 saturated carbocycles. The number of hydrogen-bond acceptors (Lipinski definition) is 3. The van der Waals surface area contributed by atoms with Crippen LogP contribution in [0.25, 0.3) is 0 Å². The Morgan fingerprint density at radius 1 is 1.05 bits per heavy atom. The van der Waals surface area contributed by atoms with Crippen LogP contribution in [0.5, 0.6) is 0 Å². The molecule has 1 atom stereocenters.